The van der Waals surface area contributed by atoms with E-state index < -0.39 is 6.10 Å². The molecule has 0 rings (SSSR count). The minimum Gasteiger partial charge on any atom is -0.462 e. The maximum Gasteiger partial charge on any atom is 0.306 e. The van der Waals surface area contributed by atoms with Crippen LogP contribution in [0.15, 0.2) is 182 Å². The maximum atomic E-state index is 12.9. The molecule has 0 aromatic heterocycles. The predicted molar refractivity (Wildman–Crippen MR) is 361 cm³/mol. The Hall–Kier alpha value is -5.49. The number of carbonyl (C=O) groups excluding carboxylic acids is 3. The van der Waals surface area contributed by atoms with Crippen LogP contribution in [-0.4, -0.2) is 37.2 Å². The summed E-state index contributed by atoms with van der Waals surface area (Å²) in [5.74, 6) is -0.992. The van der Waals surface area contributed by atoms with Gasteiger partial charge in [0.15, 0.2) is 6.10 Å². The summed E-state index contributed by atoms with van der Waals surface area (Å²) in [4.78, 5) is 38.3. The molecule has 0 aromatic carbocycles. The largest absolute Gasteiger partial charge is 0.462 e. The van der Waals surface area contributed by atoms with Crippen molar-refractivity contribution >= 4 is 17.9 Å². The topological polar surface area (TPSA) is 78.9 Å². The van der Waals surface area contributed by atoms with Crippen molar-refractivity contribution in [2.75, 3.05) is 13.2 Å². The van der Waals surface area contributed by atoms with Gasteiger partial charge in [-0.2, -0.15) is 0 Å². The monoisotopic (exact) mass is 1140 g/mol. The molecule has 1 atom stereocenters. The van der Waals surface area contributed by atoms with Crippen molar-refractivity contribution in [3.05, 3.63) is 182 Å². The van der Waals surface area contributed by atoms with Crippen LogP contribution in [-0.2, 0) is 28.6 Å². The number of hydrogen-bond acceptors (Lipinski definition) is 6. The SMILES string of the molecule is CC/C=C\C/C=C\C/C=C\C/C=C\C/C=C\C/C=C\C/C=C\C/C=C\C/C=C\CCCC(=O)OCC(COC(=O)CCCCCCCCCCCCC)OC(=O)CCCCCCCC/C=C\C/C=C\C/C=C\C/C=C\C/C=C\C/C=C\CC. The molecule has 0 saturated carbocycles. The summed E-state index contributed by atoms with van der Waals surface area (Å²) in [6.07, 6.45) is 103. The van der Waals surface area contributed by atoms with Crippen LogP contribution in [0.3, 0.4) is 0 Å². The van der Waals surface area contributed by atoms with Gasteiger partial charge in [-0.1, -0.05) is 293 Å². The summed E-state index contributed by atoms with van der Waals surface area (Å²) in [5, 5.41) is 0. The Morgan fingerprint density at radius 1 is 0.253 bits per heavy atom. The standard InChI is InChI=1S/C77H120O6/c1-4-7-10-13-16-19-22-24-26-28-30-32-34-36-37-38-39-41-42-44-46-48-50-52-55-58-61-64-67-70-76(79)82-73-74(72-81-75(78)69-66-63-60-57-54-21-18-15-12-9-6-3)83-77(80)71-68-65-62-59-56-53-51-49-47-45-43-40-35-33-31-29-27-25-23-20-17-14-11-8-5-2/h7-8,10-11,16-17,19-20,24-27,30-33,36-37,39-41,43-44,46-47,49-50,52,58,61,74H,4-6,9,12-15,18,21-23,28-29,34-35,38,42,45,48,51,53-57,59-60,62-73H2,1-3H3/b10-7-,11-8-,19-16-,20-17-,26-24-,27-25-,32-30-,33-31-,37-36-,41-39-,43-40-,46-44-,49-47-,52-50-,61-58-. The number of allylic oxidation sites excluding steroid dienone is 30. The van der Waals surface area contributed by atoms with Crippen molar-refractivity contribution in [2.24, 2.45) is 0 Å². The lowest BCUT2D eigenvalue weighted by molar-refractivity contribution is -0.167. The summed E-state index contributed by atoms with van der Waals surface area (Å²) in [7, 11) is 0. The van der Waals surface area contributed by atoms with Gasteiger partial charge in [0.05, 0.1) is 0 Å². The van der Waals surface area contributed by atoms with E-state index in [4.69, 9.17) is 14.2 Å². The van der Waals surface area contributed by atoms with Gasteiger partial charge in [0.2, 0.25) is 0 Å². The minimum atomic E-state index is -0.819. The highest BCUT2D eigenvalue weighted by Gasteiger charge is 2.19. The highest BCUT2D eigenvalue weighted by molar-refractivity contribution is 5.71. The Morgan fingerprint density at radius 2 is 0.482 bits per heavy atom. The number of rotatable bonds is 58. The highest BCUT2D eigenvalue weighted by atomic mass is 16.6. The Morgan fingerprint density at radius 3 is 0.783 bits per heavy atom. The number of carbonyl (C=O) groups is 3. The van der Waals surface area contributed by atoms with Crippen LogP contribution in [0.2, 0.25) is 0 Å². The summed E-state index contributed by atoms with van der Waals surface area (Å²) < 4.78 is 16.9. The van der Waals surface area contributed by atoms with Crippen LogP contribution in [0.5, 0.6) is 0 Å². The van der Waals surface area contributed by atoms with Crippen molar-refractivity contribution in [1.82, 2.24) is 0 Å². The zero-order valence-electron chi connectivity index (χ0n) is 53.1. The van der Waals surface area contributed by atoms with Crippen molar-refractivity contribution in [2.45, 2.75) is 271 Å². The molecule has 0 aromatic rings. The fourth-order valence-corrected chi connectivity index (χ4v) is 8.51. The average molecular weight is 1140 g/mol. The first-order chi connectivity index (χ1) is 41.0. The molecular formula is C77H120O6. The zero-order chi connectivity index (χ0) is 59.9. The molecule has 6 nitrogen and oxygen atoms in total. The molecule has 1 unspecified atom stereocenters. The van der Waals surface area contributed by atoms with Crippen molar-refractivity contribution in [3.8, 4) is 0 Å². The Balaban J connectivity index is 4.46. The summed E-state index contributed by atoms with van der Waals surface area (Å²) in [6, 6.07) is 0. The molecule has 0 heterocycles. The molecule has 0 amide bonds. The van der Waals surface area contributed by atoms with Crippen molar-refractivity contribution in [3.63, 3.8) is 0 Å². The highest BCUT2D eigenvalue weighted by Crippen LogP contribution is 2.14. The third-order valence-electron chi connectivity index (χ3n) is 13.4. The first kappa shape index (κ1) is 77.5. The molecule has 0 saturated heterocycles. The van der Waals surface area contributed by atoms with Crippen LogP contribution in [0, 0.1) is 0 Å². The first-order valence-corrected chi connectivity index (χ1v) is 33.3. The van der Waals surface area contributed by atoms with Gasteiger partial charge in [-0.3, -0.25) is 14.4 Å². The fraction of sp³-hybridized carbons (Fsp3) is 0.571. The smallest absolute Gasteiger partial charge is 0.306 e. The third-order valence-corrected chi connectivity index (χ3v) is 13.4. The lowest BCUT2D eigenvalue weighted by Crippen LogP contribution is -2.30. The van der Waals surface area contributed by atoms with Crippen LogP contribution in [0.25, 0.3) is 0 Å². The van der Waals surface area contributed by atoms with E-state index in [0.717, 1.165) is 154 Å². The van der Waals surface area contributed by atoms with Gasteiger partial charge in [-0.15, -0.1) is 0 Å². The van der Waals surface area contributed by atoms with E-state index in [2.05, 4.69) is 203 Å². The van der Waals surface area contributed by atoms with E-state index in [9.17, 15) is 14.4 Å². The normalized spacial score (nSPS) is 13.3. The molecule has 0 spiro atoms. The van der Waals surface area contributed by atoms with Crippen LogP contribution < -0.4 is 0 Å². The number of ether oxygens (including phenoxy) is 3. The second-order valence-corrected chi connectivity index (χ2v) is 21.3. The molecule has 464 valence electrons. The molecule has 83 heavy (non-hydrogen) atoms. The van der Waals surface area contributed by atoms with Gasteiger partial charge >= 0.3 is 17.9 Å². The van der Waals surface area contributed by atoms with Crippen LogP contribution in [0.1, 0.15) is 265 Å². The Bertz CT molecular complexity index is 1940. The van der Waals surface area contributed by atoms with Crippen LogP contribution >= 0.6 is 0 Å². The van der Waals surface area contributed by atoms with Crippen LogP contribution in [0.4, 0.5) is 0 Å². The van der Waals surface area contributed by atoms with E-state index in [0.29, 0.717) is 19.3 Å². The minimum absolute atomic E-state index is 0.109. The maximum absolute atomic E-state index is 12.9. The lowest BCUT2D eigenvalue weighted by atomic mass is 10.1. The van der Waals surface area contributed by atoms with Gasteiger partial charge in [0, 0.05) is 19.3 Å². The summed E-state index contributed by atoms with van der Waals surface area (Å²) in [6.45, 7) is 6.34. The average Bonchev–Trinajstić information content (AvgIpc) is 3.48. The van der Waals surface area contributed by atoms with Crippen molar-refractivity contribution < 1.29 is 28.6 Å². The molecular weight excluding hydrogens is 1020 g/mol. The quantitative estimate of drug-likeness (QED) is 0.0261. The second kappa shape index (κ2) is 69.0. The molecule has 0 bridgehead atoms. The number of esters is 3. The molecule has 0 fully saturated rings. The molecule has 0 aliphatic rings. The second-order valence-electron chi connectivity index (χ2n) is 21.3. The fourth-order valence-electron chi connectivity index (χ4n) is 8.51. The van der Waals surface area contributed by atoms with Crippen molar-refractivity contribution in [1.29, 1.82) is 0 Å². The van der Waals surface area contributed by atoms with Gasteiger partial charge in [0.1, 0.15) is 13.2 Å². The Labute approximate surface area is 510 Å². The lowest BCUT2D eigenvalue weighted by Gasteiger charge is -2.18. The molecule has 0 N–H and O–H groups in total. The zero-order valence-corrected chi connectivity index (χ0v) is 53.1. The molecule has 0 aliphatic heterocycles. The van der Waals surface area contributed by atoms with E-state index in [1.54, 1.807) is 0 Å². The van der Waals surface area contributed by atoms with E-state index in [1.165, 1.54) is 64.2 Å². The number of unbranched alkanes of at least 4 members (excludes halogenated alkanes) is 17. The van der Waals surface area contributed by atoms with E-state index in [1.807, 2.05) is 0 Å². The van der Waals surface area contributed by atoms with E-state index in [-0.39, 0.29) is 37.5 Å². The first-order valence-electron chi connectivity index (χ1n) is 33.3. The molecule has 0 aliphatic carbocycles. The van der Waals surface area contributed by atoms with E-state index >= 15 is 0 Å². The van der Waals surface area contributed by atoms with Gasteiger partial charge in [-0.25, -0.2) is 0 Å². The van der Waals surface area contributed by atoms with Gasteiger partial charge in [0.25, 0.3) is 0 Å². The number of hydrogen-bond donors (Lipinski definition) is 0. The third kappa shape index (κ3) is 67.2. The van der Waals surface area contributed by atoms with Gasteiger partial charge < -0.3 is 14.2 Å². The Kier molecular flexibility index (Phi) is 64.4. The molecule has 6 heteroatoms. The molecule has 0 radical (unpaired) electrons. The summed E-state index contributed by atoms with van der Waals surface area (Å²) in [5.41, 5.74) is 0. The predicted octanol–water partition coefficient (Wildman–Crippen LogP) is 23.2. The van der Waals surface area contributed by atoms with Gasteiger partial charge in [-0.05, 0) is 135 Å². The summed E-state index contributed by atoms with van der Waals surface area (Å²) >= 11 is 0.